The summed E-state index contributed by atoms with van der Waals surface area (Å²) in [6, 6.07) is 20.5. The summed E-state index contributed by atoms with van der Waals surface area (Å²) in [6.07, 6.45) is 4.40. The molecule has 4 rings (SSSR count). The second-order valence-electron chi connectivity index (χ2n) is 5.53. The quantitative estimate of drug-likeness (QED) is 0.649. The zero-order valence-electron chi connectivity index (χ0n) is 12.1. The van der Waals surface area contributed by atoms with Crippen LogP contribution in [0.2, 0.25) is 0 Å². The summed E-state index contributed by atoms with van der Waals surface area (Å²) in [5.41, 5.74) is 2.27. The molecule has 3 aromatic carbocycles. The minimum Gasteiger partial charge on any atom is -0.508 e. The monoisotopic (exact) mass is 304 g/mol. The van der Waals surface area contributed by atoms with Crippen molar-refractivity contribution in [3.63, 3.8) is 0 Å². The van der Waals surface area contributed by atoms with Gasteiger partial charge in [0.15, 0.2) is 0 Å². The number of phenolic OH excluding ortho intramolecular Hbond substituents is 1. The Labute approximate surface area is 134 Å². The third-order valence-electron chi connectivity index (χ3n) is 4.15. The Morgan fingerprint density at radius 1 is 0.909 bits per heavy atom. The number of aromatic hydroxyl groups is 1. The minimum atomic E-state index is 0.240. The second kappa shape index (κ2) is 5.54. The molecule has 1 N–H and O–H groups in total. The highest BCUT2D eigenvalue weighted by molar-refractivity contribution is 7.99. The molecule has 3 aromatic rings. The van der Waals surface area contributed by atoms with E-state index in [9.17, 15) is 5.11 Å². The number of allylic oxidation sites excluding steroid dienone is 1. The van der Waals surface area contributed by atoms with Gasteiger partial charge in [-0.25, -0.2) is 0 Å². The van der Waals surface area contributed by atoms with Gasteiger partial charge in [0, 0.05) is 22.1 Å². The number of benzene rings is 3. The van der Waals surface area contributed by atoms with Crippen LogP contribution in [0.4, 0.5) is 0 Å². The third kappa shape index (κ3) is 2.30. The number of hydrogen-bond donors (Lipinski definition) is 1. The van der Waals surface area contributed by atoms with Crippen LogP contribution in [0.3, 0.4) is 0 Å². The first kappa shape index (κ1) is 13.5. The lowest BCUT2D eigenvalue weighted by Crippen LogP contribution is -2.04. The average Bonchev–Trinajstić information content (AvgIpc) is 2.58. The maximum absolute atomic E-state index is 10.4. The number of phenols is 1. The van der Waals surface area contributed by atoms with E-state index in [-0.39, 0.29) is 5.92 Å². The van der Waals surface area contributed by atoms with Gasteiger partial charge in [-0.3, -0.25) is 0 Å². The molecule has 0 spiro atoms. The van der Waals surface area contributed by atoms with Gasteiger partial charge in [0.25, 0.3) is 0 Å². The number of hydrogen-bond acceptors (Lipinski definition) is 2. The van der Waals surface area contributed by atoms with Crippen LogP contribution in [0, 0.1) is 0 Å². The van der Waals surface area contributed by atoms with Gasteiger partial charge in [-0.1, -0.05) is 54.6 Å². The largest absolute Gasteiger partial charge is 0.508 e. The first-order valence-corrected chi connectivity index (χ1v) is 8.42. The van der Waals surface area contributed by atoms with Crippen molar-refractivity contribution in [1.29, 1.82) is 0 Å². The summed E-state index contributed by atoms with van der Waals surface area (Å²) in [6.45, 7) is 0. The minimum absolute atomic E-state index is 0.240. The lowest BCUT2D eigenvalue weighted by molar-refractivity contribution is 0.468. The van der Waals surface area contributed by atoms with Gasteiger partial charge in [0.2, 0.25) is 0 Å². The summed E-state index contributed by atoms with van der Waals surface area (Å²) in [5, 5.41) is 12.8. The van der Waals surface area contributed by atoms with Gasteiger partial charge in [0.1, 0.15) is 5.75 Å². The zero-order valence-corrected chi connectivity index (χ0v) is 12.9. The molecule has 108 valence electrons. The highest BCUT2D eigenvalue weighted by atomic mass is 32.2. The van der Waals surface area contributed by atoms with Gasteiger partial charge >= 0.3 is 0 Å². The SMILES string of the molecule is Oc1ccc2cccc3c2c1C(CSc1ccccc1)C=C3. The number of thioether (sulfide) groups is 1. The van der Waals surface area contributed by atoms with Gasteiger partial charge in [0.05, 0.1) is 0 Å². The standard InChI is InChI=1S/C20H16OS/c21-18-12-11-15-6-4-5-14-9-10-16(20(18)19(14)15)13-22-17-7-2-1-3-8-17/h1-12,16,21H,13H2. The first-order valence-electron chi connectivity index (χ1n) is 7.43. The first-order chi connectivity index (χ1) is 10.8. The van der Waals surface area contributed by atoms with Crippen LogP contribution in [0.25, 0.3) is 16.8 Å². The van der Waals surface area contributed by atoms with Crippen LogP contribution in [-0.2, 0) is 0 Å². The van der Waals surface area contributed by atoms with Gasteiger partial charge < -0.3 is 5.11 Å². The fourth-order valence-corrected chi connectivity index (χ4v) is 4.10. The van der Waals surface area contributed by atoms with Crippen LogP contribution < -0.4 is 0 Å². The van der Waals surface area contributed by atoms with Gasteiger partial charge in [-0.15, -0.1) is 11.8 Å². The molecule has 1 unspecified atom stereocenters. The van der Waals surface area contributed by atoms with Gasteiger partial charge in [-0.05, 0) is 34.5 Å². The molecule has 0 heterocycles. The molecule has 0 radical (unpaired) electrons. The Kier molecular flexibility index (Phi) is 3.39. The average molecular weight is 304 g/mol. The lowest BCUT2D eigenvalue weighted by atomic mass is 9.86. The Hall–Kier alpha value is -2.19. The van der Waals surface area contributed by atoms with Crippen molar-refractivity contribution in [2.24, 2.45) is 0 Å². The molecule has 0 bridgehead atoms. The fourth-order valence-electron chi connectivity index (χ4n) is 3.10. The van der Waals surface area contributed by atoms with Crippen molar-refractivity contribution in [2.45, 2.75) is 10.8 Å². The van der Waals surface area contributed by atoms with Crippen molar-refractivity contribution in [2.75, 3.05) is 5.75 Å². The lowest BCUT2D eigenvalue weighted by Gasteiger charge is -2.22. The van der Waals surface area contributed by atoms with Crippen LogP contribution in [0.5, 0.6) is 5.75 Å². The molecule has 0 saturated carbocycles. The van der Waals surface area contributed by atoms with E-state index in [0.717, 1.165) is 11.3 Å². The highest BCUT2D eigenvalue weighted by Crippen LogP contribution is 2.42. The molecule has 1 atom stereocenters. The Bertz CT molecular complexity index is 852. The molecule has 0 aromatic heterocycles. The van der Waals surface area contributed by atoms with E-state index in [4.69, 9.17) is 0 Å². The van der Waals surface area contributed by atoms with Crippen LogP contribution in [-0.4, -0.2) is 10.9 Å². The molecular formula is C20H16OS. The van der Waals surface area contributed by atoms with E-state index < -0.39 is 0 Å². The van der Waals surface area contributed by atoms with E-state index in [1.54, 1.807) is 0 Å². The fraction of sp³-hybridized carbons (Fsp3) is 0.100. The van der Waals surface area contributed by atoms with Crippen molar-refractivity contribution in [1.82, 2.24) is 0 Å². The molecular weight excluding hydrogens is 288 g/mol. The van der Waals surface area contributed by atoms with Crippen molar-refractivity contribution < 1.29 is 5.11 Å². The van der Waals surface area contributed by atoms with E-state index in [0.29, 0.717) is 5.75 Å². The predicted octanol–water partition coefficient (Wildman–Crippen LogP) is 5.45. The summed E-state index contributed by atoms with van der Waals surface area (Å²) < 4.78 is 0. The molecule has 0 saturated heterocycles. The second-order valence-corrected chi connectivity index (χ2v) is 6.63. The van der Waals surface area contributed by atoms with Crippen molar-refractivity contribution in [3.05, 3.63) is 77.9 Å². The third-order valence-corrected chi connectivity index (χ3v) is 5.28. The smallest absolute Gasteiger partial charge is 0.120 e. The summed E-state index contributed by atoms with van der Waals surface area (Å²) in [4.78, 5) is 1.27. The molecule has 0 aliphatic heterocycles. The van der Waals surface area contributed by atoms with Crippen LogP contribution in [0.15, 0.2) is 71.6 Å². The molecule has 1 aliphatic rings. The van der Waals surface area contributed by atoms with Gasteiger partial charge in [-0.2, -0.15) is 0 Å². The maximum Gasteiger partial charge on any atom is 0.120 e. The predicted molar refractivity (Wildman–Crippen MR) is 94.6 cm³/mol. The zero-order chi connectivity index (χ0) is 14.9. The highest BCUT2D eigenvalue weighted by Gasteiger charge is 2.21. The van der Waals surface area contributed by atoms with Crippen molar-refractivity contribution in [3.8, 4) is 5.75 Å². The Morgan fingerprint density at radius 2 is 1.77 bits per heavy atom. The summed E-state index contributed by atoms with van der Waals surface area (Å²) in [5.74, 6) is 1.58. The van der Waals surface area contributed by atoms with Crippen molar-refractivity contribution >= 4 is 28.6 Å². The Balaban J connectivity index is 1.72. The maximum atomic E-state index is 10.4. The molecule has 2 heteroatoms. The topological polar surface area (TPSA) is 20.2 Å². The Morgan fingerprint density at radius 3 is 2.64 bits per heavy atom. The molecule has 22 heavy (non-hydrogen) atoms. The summed E-state index contributed by atoms with van der Waals surface area (Å²) >= 11 is 1.83. The number of rotatable bonds is 3. The summed E-state index contributed by atoms with van der Waals surface area (Å²) in [7, 11) is 0. The van der Waals surface area contributed by atoms with E-state index in [2.05, 4.69) is 54.6 Å². The van der Waals surface area contributed by atoms with Crippen LogP contribution in [0.1, 0.15) is 17.0 Å². The molecule has 0 fully saturated rings. The van der Waals surface area contributed by atoms with Crippen LogP contribution >= 0.6 is 11.8 Å². The molecule has 0 amide bonds. The molecule has 1 aliphatic carbocycles. The van der Waals surface area contributed by atoms with E-state index in [1.807, 2.05) is 30.0 Å². The normalized spacial score (nSPS) is 16.1. The van der Waals surface area contributed by atoms with E-state index >= 15 is 0 Å². The van der Waals surface area contributed by atoms with E-state index in [1.165, 1.54) is 21.2 Å². The molecule has 1 nitrogen and oxygen atoms in total.